The molecule has 0 radical (unpaired) electrons. The van der Waals surface area contributed by atoms with Crippen LogP contribution in [0.3, 0.4) is 0 Å². The van der Waals surface area contributed by atoms with Crippen LogP contribution in [0.5, 0.6) is 0 Å². The van der Waals surface area contributed by atoms with E-state index < -0.39 is 0 Å². The van der Waals surface area contributed by atoms with Gasteiger partial charge in [0.1, 0.15) is 0 Å². The molecule has 0 atom stereocenters. The van der Waals surface area contributed by atoms with Gasteiger partial charge >= 0.3 is 0 Å². The van der Waals surface area contributed by atoms with Gasteiger partial charge in [-0.3, -0.25) is 9.59 Å². The Balaban J connectivity index is 1.70. The zero-order chi connectivity index (χ0) is 18.5. The van der Waals surface area contributed by atoms with Crippen LogP contribution >= 0.6 is 0 Å². The number of hydrogen-bond donors (Lipinski definition) is 1. The van der Waals surface area contributed by atoms with Crippen LogP contribution in [0.2, 0.25) is 0 Å². The number of anilines is 1. The van der Waals surface area contributed by atoms with Gasteiger partial charge in [0.15, 0.2) is 0 Å². The molecule has 4 nitrogen and oxygen atoms in total. The van der Waals surface area contributed by atoms with Crippen LogP contribution in [0.25, 0.3) is 0 Å². The van der Waals surface area contributed by atoms with Gasteiger partial charge in [-0.15, -0.1) is 0 Å². The molecule has 2 aromatic carbocycles. The van der Waals surface area contributed by atoms with Crippen LogP contribution in [0.15, 0.2) is 42.5 Å². The van der Waals surface area contributed by atoms with Gasteiger partial charge in [0.25, 0.3) is 11.8 Å². The van der Waals surface area contributed by atoms with Crippen molar-refractivity contribution in [2.45, 2.75) is 39.5 Å². The zero-order valence-electron chi connectivity index (χ0n) is 15.5. The molecule has 0 bridgehead atoms. The third-order valence-electron chi connectivity index (χ3n) is 5.01. The maximum Gasteiger partial charge on any atom is 0.255 e. The second-order valence-corrected chi connectivity index (χ2v) is 7.00. The first-order valence-corrected chi connectivity index (χ1v) is 9.33. The highest BCUT2D eigenvalue weighted by Gasteiger charge is 2.18. The number of para-hydroxylation sites is 1. The summed E-state index contributed by atoms with van der Waals surface area (Å²) < 4.78 is 0. The number of carbonyl (C=O) groups excluding carboxylic acids is 2. The Kier molecular flexibility index (Phi) is 5.71. The summed E-state index contributed by atoms with van der Waals surface area (Å²) in [6.07, 6.45) is 4.53. The Hall–Kier alpha value is -2.62. The van der Waals surface area contributed by atoms with E-state index in [-0.39, 0.29) is 11.8 Å². The number of aryl methyl sites for hydroxylation is 2. The lowest BCUT2D eigenvalue weighted by molar-refractivity contribution is 0.0761. The topological polar surface area (TPSA) is 49.4 Å². The lowest BCUT2D eigenvalue weighted by atomic mass is 10.1. The molecule has 4 heteroatoms. The Morgan fingerprint density at radius 2 is 1.35 bits per heavy atom. The molecule has 1 aliphatic rings. The average Bonchev–Trinajstić information content (AvgIpc) is 2.94. The van der Waals surface area contributed by atoms with Crippen LogP contribution in [0.4, 0.5) is 5.69 Å². The van der Waals surface area contributed by atoms with Gasteiger partial charge in [-0.1, -0.05) is 31.0 Å². The highest BCUT2D eigenvalue weighted by molar-refractivity contribution is 6.05. The first-order valence-electron chi connectivity index (χ1n) is 9.33. The smallest absolute Gasteiger partial charge is 0.255 e. The second-order valence-electron chi connectivity index (χ2n) is 7.00. The average molecular weight is 350 g/mol. The molecule has 1 heterocycles. The van der Waals surface area contributed by atoms with Crippen molar-refractivity contribution in [3.05, 3.63) is 64.7 Å². The summed E-state index contributed by atoms with van der Waals surface area (Å²) in [4.78, 5) is 27.1. The number of carbonyl (C=O) groups is 2. The van der Waals surface area contributed by atoms with E-state index in [9.17, 15) is 9.59 Å². The number of likely N-dealkylation sites (tertiary alicyclic amines) is 1. The van der Waals surface area contributed by atoms with Gasteiger partial charge in [0.05, 0.1) is 0 Å². The van der Waals surface area contributed by atoms with E-state index in [0.29, 0.717) is 11.1 Å². The fraction of sp³-hybridized carbons (Fsp3) is 0.364. The first kappa shape index (κ1) is 18.2. The predicted octanol–water partition coefficient (Wildman–Crippen LogP) is 4.57. The molecule has 0 unspecified atom stereocenters. The molecule has 1 N–H and O–H groups in total. The van der Waals surface area contributed by atoms with Crippen molar-refractivity contribution in [2.24, 2.45) is 0 Å². The Labute approximate surface area is 155 Å². The number of nitrogens with zero attached hydrogens (tertiary/aromatic N) is 1. The number of rotatable bonds is 3. The van der Waals surface area contributed by atoms with Crippen LogP contribution < -0.4 is 5.32 Å². The van der Waals surface area contributed by atoms with E-state index in [1.54, 1.807) is 24.3 Å². The van der Waals surface area contributed by atoms with Crippen molar-refractivity contribution in [1.82, 2.24) is 4.90 Å². The van der Waals surface area contributed by atoms with Crippen molar-refractivity contribution < 1.29 is 9.59 Å². The number of nitrogens with one attached hydrogen (secondary N) is 1. The summed E-state index contributed by atoms with van der Waals surface area (Å²) in [7, 11) is 0. The Morgan fingerprint density at radius 3 is 1.92 bits per heavy atom. The largest absolute Gasteiger partial charge is 0.339 e. The highest BCUT2D eigenvalue weighted by atomic mass is 16.2. The predicted molar refractivity (Wildman–Crippen MR) is 105 cm³/mol. The first-order chi connectivity index (χ1) is 12.6. The summed E-state index contributed by atoms with van der Waals surface area (Å²) in [5.41, 5.74) is 4.12. The molecule has 0 aliphatic carbocycles. The van der Waals surface area contributed by atoms with Gasteiger partial charge < -0.3 is 10.2 Å². The molecule has 0 saturated carbocycles. The summed E-state index contributed by atoms with van der Waals surface area (Å²) in [5, 5.41) is 2.98. The molecule has 1 saturated heterocycles. The molecule has 3 rings (SSSR count). The molecule has 26 heavy (non-hydrogen) atoms. The van der Waals surface area contributed by atoms with Crippen LogP contribution in [0.1, 0.15) is 57.5 Å². The monoisotopic (exact) mass is 350 g/mol. The Morgan fingerprint density at radius 1 is 0.808 bits per heavy atom. The van der Waals surface area contributed by atoms with Crippen LogP contribution in [0, 0.1) is 13.8 Å². The quantitative estimate of drug-likeness (QED) is 0.881. The van der Waals surface area contributed by atoms with Crippen molar-refractivity contribution in [3.63, 3.8) is 0 Å². The fourth-order valence-corrected chi connectivity index (χ4v) is 3.42. The number of amides is 2. The lowest BCUT2D eigenvalue weighted by Gasteiger charge is -2.20. The molecular formula is C22H26N2O2. The fourth-order valence-electron chi connectivity index (χ4n) is 3.42. The standard InChI is InChI=1S/C22H26N2O2/c1-16-8-7-9-17(2)20(16)23-21(25)18-10-12-19(13-11-18)22(26)24-14-5-3-4-6-15-24/h7-13H,3-6,14-15H2,1-2H3,(H,23,25). The summed E-state index contributed by atoms with van der Waals surface area (Å²) >= 11 is 0. The lowest BCUT2D eigenvalue weighted by Crippen LogP contribution is -2.31. The summed E-state index contributed by atoms with van der Waals surface area (Å²) in [6.45, 7) is 5.61. The summed E-state index contributed by atoms with van der Waals surface area (Å²) in [6, 6.07) is 12.9. The van der Waals surface area contributed by atoms with Crippen LogP contribution in [-0.2, 0) is 0 Å². The van der Waals surface area contributed by atoms with Crippen molar-refractivity contribution >= 4 is 17.5 Å². The number of hydrogen-bond acceptors (Lipinski definition) is 2. The van der Waals surface area contributed by atoms with E-state index in [4.69, 9.17) is 0 Å². The van der Waals surface area contributed by atoms with Gasteiger partial charge in [0.2, 0.25) is 0 Å². The molecule has 0 spiro atoms. The number of benzene rings is 2. The molecule has 2 amide bonds. The van der Waals surface area contributed by atoms with Gasteiger partial charge in [-0.05, 0) is 62.1 Å². The van der Waals surface area contributed by atoms with Crippen molar-refractivity contribution in [1.29, 1.82) is 0 Å². The van der Waals surface area contributed by atoms with Crippen LogP contribution in [-0.4, -0.2) is 29.8 Å². The maximum absolute atomic E-state index is 12.6. The third-order valence-corrected chi connectivity index (χ3v) is 5.01. The van der Waals surface area contributed by atoms with E-state index >= 15 is 0 Å². The minimum atomic E-state index is -0.156. The second kappa shape index (κ2) is 8.17. The van der Waals surface area contributed by atoms with E-state index in [1.165, 1.54) is 12.8 Å². The van der Waals surface area contributed by atoms with Crippen molar-refractivity contribution in [3.8, 4) is 0 Å². The zero-order valence-corrected chi connectivity index (χ0v) is 15.5. The van der Waals surface area contributed by atoms with Gasteiger partial charge in [-0.2, -0.15) is 0 Å². The van der Waals surface area contributed by atoms with Gasteiger partial charge in [0, 0.05) is 29.9 Å². The third kappa shape index (κ3) is 4.13. The minimum Gasteiger partial charge on any atom is -0.339 e. The van der Waals surface area contributed by atoms with E-state index in [1.807, 2.05) is 36.9 Å². The minimum absolute atomic E-state index is 0.0635. The molecular weight excluding hydrogens is 324 g/mol. The maximum atomic E-state index is 12.6. The summed E-state index contributed by atoms with van der Waals surface area (Å²) in [5.74, 6) is -0.0928. The van der Waals surface area contributed by atoms with E-state index in [2.05, 4.69) is 5.32 Å². The SMILES string of the molecule is Cc1cccc(C)c1NC(=O)c1ccc(C(=O)N2CCCCCC2)cc1. The van der Waals surface area contributed by atoms with E-state index in [0.717, 1.165) is 42.7 Å². The van der Waals surface area contributed by atoms with Gasteiger partial charge in [-0.25, -0.2) is 0 Å². The molecule has 2 aromatic rings. The highest BCUT2D eigenvalue weighted by Crippen LogP contribution is 2.21. The molecule has 1 aliphatic heterocycles. The van der Waals surface area contributed by atoms with Crippen molar-refractivity contribution in [2.75, 3.05) is 18.4 Å². The normalized spacial score (nSPS) is 14.6. The Bertz CT molecular complexity index is 768. The molecule has 136 valence electrons. The molecule has 1 fully saturated rings. The molecule has 0 aromatic heterocycles.